The van der Waals surface area contributed by atoms with Crippen LogP contribution in [0.3, 0.4) is 0 Å². The van der Waals surface area contributed by atoms with Crippen LogP contribution in [0.5, 0.6) is 0 Å². The van der Waals surface area contributed by atoms with Crippen molar-refractivity contribution in [3.8, 4) is 0 Å². The van der Waals surface area contributed by atoms with Gasteiger partial charge in [0.05, 0.1) is 6.61 Å². The zero-order valence-electron chi connectivity index (χ0n) is 7.24. The standard InChI is InChI=1S/C2H5NO3.C2H6O.HNO3/c1-2-6-3(4)5;1-2-3;2-1(3)4/h2H2,1H3;3H,2H2,1H3;(H,2,3,4). The van der Waals surface area contributed by atoms with E-state index in [4.69, 9.17) is 20.4 Å². The molecule has 0 rings (SSSR count). The van der Waals surface area contributed by atoms with Crippen molar-refractivity contribution in [3.63, 3.8) is 0 Å². The Morgan fingerprint density at radius 2 is 1.54 bits per heavy atom. The Balaban J connectivity index is -0.000000125. The van der Waals surface area contributed by atoms with Crippen LogP contribution in [0, 0.1) is 20.2 Å². The molecule has 9 heteroatoms. The highest BCUT2D eigenvalue weighted by Gasteiger charge is 1.83. The zero-order chi connectivity index (χ0) is 11.3. The van der Waals surface area contributed by atoms with Crippen molar-refractivity contribution in [2.75, 3.05) is 13.2 Å². The summed E-state index contributed by atoms with van der Waals surface area (Å²) in [6.45, 7) is 3.62. The molecular formula is C4H12N2O7. The van der Waals surface area contributed by atoms with E-state index in [1.807, 2.05) is 0 Å². The van der Waals surface area contributed by atoms with Gasteiger partial charge in [-0.1, -0.05) is 0 Å². The van der Waals surface area contributed by atoms with Gasteiger partial charge < -0.3 is 15.2 Å². The van der Waals surface area contributed by atoms with E-state index in [1.165, 1.54) is 0 Å². The molecule has 0 saturated carbocycles. The third-order valence-electron chi connectivity index (χ3n) is 0.235. The van der Waals surface area contributed by atoms with E-state index < -0.39 is 10.2 Å². The van der Waals surface area contributed by atoms with E-state index in [0.717, 1.165) is 0 Å². The fourth-order valence-electron chi connectivity index (χ4n) is 0.105. The van der Waals surface area contributed by atoms with Crippen molar-refractivity contribution in [3.05, 3.63) is 20.2 Å². The van der Waals surface area contributed by atoms with E-state index >= 15 is 0 Å². The molecule has 0 fully saturated rings. The molecule has 0 radical (unpaired) electrons. The maximum atomic E-state index is 9.18. The van der Waals surface area contributed by atoms with E-state index in [1.54, 1.807) is 13.8 Å². The van der Waals surface area contributed by atoms with Gasteiger partial charge in [-0.3, -0.25) is 0 Å². The molecule has 0 atom stereocenters. The highest BCUT2D eigenvalue weighted by Crippen LogP contribution is 1.67. The van der Waals surface area contributed by atoms with Crippen molar-refractivity contribution in [2.24, 2.45) is 0 Å². The lowest BCUT2D eigenvalue weighted by atomic mass is 10.9. The Hall–Kier alpha value is -1.64. The van der Waals surface area contributed by atoms with E-state index in [2.05, 4.69) is 4.84 Å². The molecule has 0 spiro atoms. The summed E-state index contributed by atoms with van der Waals surface area (Å²) >= 11 is 0. The number of aliphatic hydroxyl groups excluding tert-OH is 1. The summed E-state index contributed by atoms with van der Waals surface area (Å²) in [5.74, 6) is 0. The highest BCUT2D eigenvalue weighted by atomic mass is 16.9. The first-order chi connectivity index (χ1) is 5.92. The maximum absolute atomic E-state index is 9.18. The lowest BCUT2D eigenvalue weighted by Crippen LogP contribution is -1.97. The van der Waals surface area contributed by atoms with Gasteiger partial charge in [0.25, 0.3) is 10.2 Å². The van der Waals surface area contributed by atoms with Crippen molar-refractivity contribution >= 4 is 0 Å². The van der Waals surface area contributed by atoms with E-state index in [0.29, 0.717) is 0 Å². The predicted molar refractivity (Wildman–Crippen MR) is 40.2 cm³/mol. The third-order valence-corrected chi connectivity index (χ3v) is 0.235. The first-order valence-electron chi connectivity index (χ1n) is 3.13. The summed E-state index contributed by atoms with van der Waals surface area (Å²) in [5, 5.41) is 29.6. The van der Waals surface area contributed by atoms with Crippen LogP contribution >= 0.6 is 0 Å². The number of hydrogen-bond donors (Lipinski definition) is 2. The smallest absolute Gasteiger partial charge is 0.294 e. The lowest BCUT2D eigenvalue weighted by Gasteiger charge is -1.83. The van der Waals surface area contributed by atoms with Gasteiger partial charge in [0.2, 0.25) is 0 Å². The molecule has 0 saturated heterocycles. The van der Waals surface area contributed by atoms with Gasteiger partial charge in [-0.15, -0.1) is 20.2 Å². The first kappa shape index (κ1) is 17.4. The summed E-state index contributed by atoms with van der Waals surface area (Å²) in [4.78, 5) is 21.3. The quantitative estimate of drug-likeness (QED) is 0.467. The summed E-state index contributed by atoms with van der Waals surface area (Å²) in [6.07, 6.45) is 0. The van der Waals surface area contributed by atoms with Crippen LogP contribution in [0.2, 0.25) is 0 Å². The fraction of sp³-hybridized carbons (Fsp3) is 1.00. The van der Waals surface area contributed by atoms with Crippen LogP contribution in [0.15, 0.2) is 0 Å². The van der Waals surface area contributed by atoms with Gasteiger partial charge >= 0.3 is 0 Å². The molecule has 9 nitrogen and oxygen atoms in total. The fourth-order valence-corrected chi connectivity index (χ4v) is 0.105. The van der Waals surface area contributed by atoms with Crippen molar-refractivity contribution in [1.29, 1.82) is 0 Å². The predicted octanol–water partition coefficient (Wildman–Crippen LogP) is -0.135. The van der Waals surface area contributed by atoms with Gasteiger partial charge in [0, 0.05) is 6.61 Å². The Morgan fingerprint density at radius 1 is 1.31 bits per heavy atom. The molecule has 0 unspecified atom stereocenters. The molecule has 0 aromatic heterocycles. The van der Waals surface area contributed by atoms with Crippen molar-refractivity contribution in [1.82, 2.24) is 0 Å². The topological polar surface area (TPSA) is 136 Å². The first-order valence-corrected chi connectivity index (χ1v) is 3.13. The molecular weight excluding hydrogens is 188 g/mol. The summed E-state index contributed by atoms with van der Waals surface area (Å²) in [7, 11) is 0. The molecule has 0 aliphatic carbocycles. The monoisotopic (exact) mass is 200 g/mol. The van der Waals surface area contributed by atoms with Gasteiger partial charge in [0.1, 0.15) is 0 Å². The number of hydrogen-bond acceptors (Lipinski definition) is 6. The van der Waals surface area contributed by atoms with Crippen LogP contribution in [0.1, 0.15) is 13.8 Å². The van der Waals surface area contributed by atoms with Crippen LogP contribution in [0.4, 0.5) is 0 Å². The average molecular weight is 200 g/mol. The summed E-state index contributed by atoms with van der Waals surface area (Å²) in [5.41, 5.74) is 0. The Bertz CT molecular complexity index is 124. The van der Waals surface area contributed by atoms with Gasteiger partial charge in [-0.05, 0) is 13.8 Å². The molecule has 0 aliphatic heterocycles. The van der Waals surface area contributed by atoms with Gasteiger partial charge in [-0.25, -0.2) is 0 Å². The zero-order valence-corrected chi connectivity index (χ0v) is 7.24. The second-order valence-corrected chi connectivity index (χ2v) is 1.20. The number of nitrogens with zero attached hydrogens (tertiary/aromatic N) is 2. The highest BCUT2D eigenvalue weighted by molar-refractivity contribution is 3.95. The second-order valence-electron chi connectivity index (χ2n) is 1.20. The molecule has 13 heavy (non-hydrogen) atoms. The van der Waals surface area contributed by atoms with Crippen LogP contribution in [0.25, 0.3) is 0 Å². The van der Waals surface area contributed by atoms with Gasteiger partial charge in [0.15, 0.2) is 0 Å². The molecule has 0 aliphatic rings. The summed E-state index contributed by atoms with van der Waals surface area (Å²) < 4.78 is 0. The Labute approximate surface area is 73.8 Å². The Kier molecular flexibility index (Phi) is 22.5. The second kappa shape index (κ2) is 16.8. The third kappa shape index (κ3) is 391. The minimum atomic E-state index is -1.50. The molecule has 2 N–H and O–H groups in total. The maximum Gasteiger partial charge on any atom is 0.294 e. The normalized spacial score (nSPS) is 6.69. The number of aliphatic hydroxyl groups is 1. The van der Waals surface area contributed by atoms with Crippen LogP contribution < -0.4 is 0 Å². The van der Waals surface area contributed by atoms with Crippen LogP contribution in [-0.2, 0) is 4.84 Å². The van der Waals surface area contributed by atoms with E-state index in [-0.39, 0.29) is 13.2 Å². The average Bonchev–Trinajstić information content (AvgIpc) is 1.86. The SMILES string of the molecule is CCO.CCO[N+](=O)[O-].O=[N+]([O-])O. The summed E-state index contributed by atoms with van der Waals surface area (Å²) in [6, 6.07) is 0. The van der Waals surface area contributed by atoms with Crippen molar-refractivity contribution in [2.45, 2.75) is 13.8 Å². The minimum Gasteiger partial charge on any atom is -0.397 e. The lowest BCUT2D eigenvalue weighted by molar-refractivity contribution is -0.756. The molecule has 0 amide bonds. The van der Waals surface area contributed by atoms with Gasteiger partial charge in [-0.2, -0.15) is 0 Å². The van der Waals surface area contributed by atoms with Crippen molar-refractivity contribution < 1.29 is 25.3 Å². The minimum absolute atomic E-state index is 0.132. The van der Waals surface area contributed by atoms with Crippen LogP contribution in [-0.4, -0.2) is 33.7 Å². The largest absolute Gasteiger partial charge is 0.397 e. The molecule has 0 bridgehead atoms. The molecule has 80 valence electrons. The Morgan fingerprint density at radius 3 is 1.54 bits per heavy atom. The molecule has 0 heterocycles. The van der Waals surface area contributed by atoms with E-state index in [9.17, 15) is 10.1 Å². The molecule has 0 aromatic carbocycles. The number of rotatable bonds is 2. The molecule has 0 aromatic rings.